The molecule has 2 heteroatoms. The normalized spacial score (nSPS) is 10.1. The molecule has 14 heavy (non-hydrogen) atoms. The Morgan fingerprint density at radius 3 is 2.36 bits per heavy atom. The number of unbranched alkanes of at least 4 members (excludes halogenated alkanes) is 1. The summed E-state index contributed by atoms with van der Waals surface area (Å²) in [4.78, 5) is 11.0. The maximum atomic E-state index is 11.0. The number of benzene rings is 1. The van der Waals surface area contributed by atoms with E-state index in [2.05, 4.69) is 0 Å². The van der Waals surface area contributed by atoms with Crippen LogP contribution in [-0.2, 0) is 6.42 Å². The van der Waals surface area contributed by atoms with Crippen molar-refractivity contribution in [3.05, 3.63) is 35.4 Å². The molecule has 0 spiro atoms. The maximum Gasteiger partial charge on any atom is 0.159 e. The molecule has 2 N–H and O–H groups in total. The van der Waals surface area contributed by atoms with Gasteiger partial charge in [-0.25, -0.2) is 0 Å². The number of carbonyl (C=O) groups excluding carboxylic acids is 1. The molecule has 0 aliphatic heterocycles. The predicted molar refractivity (Wildman–Crippen MR) is 58.4 cm³/mol. The number of rotatable bonds is 5. The SMILES string of the molecule is CC(=O)c1ccc(CCCCN)cc1. The Morgan fingerprint density at radius 2 is 1.86 bits per heavy atom. The maximum absolute atomic E-state index is 11.0. The van der Waals surface area contributed by atoms with E-state index in [9.17, 15) is 4.79 Å². The standard InChI is InChI=1S/C12H17NO/c1-10(14)12-7-5-11(6-8-12)4-2-3-9-13/h5-8H,2-4,9,13H2,1H3. The Kier molecular flexibility index (Phi) is 4.33. The largest absolute Gasteiger partial charge is 0.330 e. The van der Waals surface area contributed by atoms with Gasteiger partial charge in [-0.3, -0.25) is 4.79 Å². The van der Waals surface area contributed by atoms with Gasteiger partial charge in [0.1, 0.15) is 0 Å². The van der Waals surface area contributed by atoms with E-state index in [4.69, 9.17) is 5.73 Å². The van der Waals surface area contributed by atoms with E-state index in [1.54, 1.807) is 6.92 Å². The Labute approximate surface area is 85.1 Å². The number of hydrogen-bond donors (Lipinski definition) is 1. The van der Waals surface area contributed by atoms with Crippen LogP contribution in [0.15, 0.2) is 24.3 Å². The molecule has 0 atom stereocenters. The zero-order valence-corrected chi connectivity index (χ0v) is 8.62. The second-order valence-electron chi connectivity index (χ2n) is 3.50. The van der Waals surface area contributed by atoms with Gasteiger partial charge in [-0.2, -0.15) is 0 Å². The lowest BCUT2D eigenvalue weighted by Crippen LogP contribution is -1.99. The molecular formula is C12H17NO. The van der Waals surface area contributed by atoms with Crippen LogP contribution in [0.3, 0.4) is 0 Å². The van der Waals surface area contributed by atoms with Crippen molar-refractivity contribution >= 4 is 5.78 Å². The molecule has 0 fully saturated rings. The molecule has 0 aliphatic carbocycles. The van der Waals surface area contributed by atoms with Crippen molar-refractivity contribution in [2.45, 2.75) is 26.2 Å². The van der Waals surface area contributed by atoms with Crippen molar-refractivity contribution < 1.29 is 4.79 Å². The van der Waals surface area contributed by atoms with Gasteiger partial charge in [0.25, 0.3) is 0 Å². The first-order valence-corrected chi connectivity index (χ1v) is 5.04. The van der Waals surface area contributed by atoms with Gasteiger partial charge < -0.3 is 5.73 Å². The minimum atomic E-state index is 0.124. The molecule has 1 aromatic rings. The molecule has 0 bridgehead atoms. The first-order chi connectivity index (χ1) is 6.74. The number of hydrogen-bond acceptors (Lipinski definition) is 2. The highest BCUT2D eigenvalue weighted by Gasteiger charge is 1.98. The van der Waals surface area contributed by atoms with Crippen LogP contribution in [0.2, 0.25) is 0 Å². The molecule has 1 rings (SSSR count). The quantitative estimate of drug-likeness (QED) is 0.572. The summed E-state index contributed by atoms with van der Waals surface area (Å²) in [6, 6.07) is 7.82. The third-order valence-corrected chi connectivity index (χ3v) is 2.28. The number of ketones is 1. The minimum absolute atomic E-state index is 0.124. The molecule has 0 unspecified atom stereocenters. The second kappa shape index (κ2) is 5.55. The smallest absolute Gasteiger partial charge is 0.159 e. The van der Waals surface area contributed by atoms with Crippen molar-refractivity contribution in [1.82, 2.24) is 0 Å². The van der Waals surface area contributed by atoms with E-state index >= 15 is 0 Å². The van der Waals surface area contributed by atoms with Gasteiger partial charge >= 0.3 is 0 Å². The van der Waals surface area contributed by atoms with Gasteiger partial charge in [-0.05, 0) is 38.3 Å². The molecule has 0 radical (unpaired) electrons. The fraction of sp³-hybridized carbons (Fsp3) is 0.417. The predicted octanol–water partition coefficient (Wildman–Crippen LogP) is 2.17. The Balaban J connectivity index is 2.51. The lowest BCUT2D eigenvalue weighted by atomic mass is 10.0. The molecule has 0 saturated heterocycles. The minimum Gasteiger partial charge on any atom is -0.330 e. The first-order valence-electron chi connectivity index (χ1n) is 5.04. The highest BCUT2D eigenvalue weighted by atomic mass is 16.1. The molecular weight excluding hydrogens is 174 g/mol. The average Bonchev–Trinajstić information content (AvgIpc) is 2.19. The van der Waals surface area contributed by atoms with E-state index in [1.807, 2.05) is 24.3 Å². The van der Waals surface area contributed by atoms with Crippen LogP contribution in [0.4, 0.5) is 0 Å². The van der Waals surface area contributed by atoms with Crippen LogP contribution in [-0.4, -0.2) is 12.3 Å². The van der Waals surface area contributed by atoms with E-state index in [0.29, 0.717) is 0 Å². The molecule has 0 saturated carbocycles. The van der Waals surface area contributed by atoms with Crippen molar-refractivity contribution in [3.63, 3.8) is 0 Å². The van der Waals surface area contributed by atoms with E-state index in [0.717, 1.165) is 31.4 Å². The fourth-order valence-corrected chi connectivity index (χ4v) is 1.38. The van der Waals surface area contributed by atoms with Crippen LogP contribution in [0.1, 0.15) is 35.7 Å². The first kappa shape index (κ1) is 10.9. The van der Waals surface area contributed by atoms with Gasteiger partial charge in [-0.1, -0.05) is 24.3 Å². The monoisotopic (exact) mass is 191 g/mol. The van der Waals surface area contributed by atoms with Crippen molar-refractivity contribution in [2.75, 3.05) is 6.54 Å². The Morgan fingerprint density at radius 1 is 1.21 bits per heavy atom. The average molecular weight is 191 g/mol. The summed E-state index contributed by atoms with van der Waals surface area (Å²) in [6.07, 6.45) is 3.24. The van der Waals surface area contributed by atoms with E-state index in [-0.39, 0.29) is 5.78 Å². The summed E-state index contributed by atoms with van der Waals surface area (Å²) in [7, 11) is 0. The summed E-state index contributed by atoms with van der Waals surface area (Å²) < 4.78 is 0. The number of nitrogens with two attached hydrogens (primary N) is 1. The summed E-state index contributed by atoms with van der Waals surface area (Å²) in [5.41, 5.74) is 7.48. The third-order valence-electron chi connectivity index (χ3n) is 2.28. The summed E-state index contributed by atoms with van der Waals surface area (Å²) >= 11 is 0. The molecule has 0 heterocycles. The summed E-state index contributed by atoms with van der Waals surface area (Å²) in [5, 5.41) is 0. The zero-order chi connectivity index (χ0) is 10.4. The van der Waals surface area contributed by atoms with E-state index < -0.39 is 0 Å². The van der Waals surface area contributed by atoms with Crippen molar-refractivity contribution in [2.24, 2.45) is 5.73 Å². The van der Waals surface area contributed by atoms with Gasteiger partial charge in [0.05, 0.1) is 0 Å². The molecule has 0 aliphatic rings. The van der Waals surface area contributed by atoms with Crippen LogP contribution in [0, 0.1) is 0 Å². The van der Waals surface area contributed by atoms with Crippen LogP contribution >= 0.6 is 0 Å². The molecule has 0 aromatic heterocycles. The van der Waals surface area contributed by atoms with Crippen molar-refractivity contribution in [3.8, 4) is 0 Å². The van der Waals surface area contributed by atoms with Gasteiger partial charge in [0.15, 0.2) is 5.78 Å². The zero-order valence-electron chi connectivity index (χ0n) is 8.62. The summed E-state index contributed by atoms with van der Waals surface area (Å²) in [5.74, 6) is 0.124. The fourth-order valence-electron chi connectivity index (χ4n) is 1.38. The Bertz CT molecular complexity index is 290. The van der Waals surface area contributed by atoms with Crippen LogP contribution in [0.5, 0.6) is 0 Å². The molecule has 0 amide bonds. The molecule has 2 nitrogen and oxygen atoms in total. The number of aryl methyl sites for hydroxylation is 1. The van der Waals surface area contributed by atoms with Crippen LogP contribution < -0.4 is 5.73 Å². The van der Waals surface area contributed by atoms with Gasteiger partial charge in [0, 0.05) is 5.56 Å². The van der Waals surface area contributed by atoms with E-state index in [1.165, 1.54) is 5.56 Å². The molecule has 76 valence electrons. The molecule has 1 aromatic carbocycles. The lowest BCUT2D eigenvalue weighted by molar-refractivity contribution is 0.101. The Hall–Kier alpha value is -1.15. The lowest BCUT2D eigenvalue weighted by Gasteiger charge is -2.01. The highest BCUT2D eigenvalue weighted by Crippen LogP contribution is 2.08. The van der Waals surface area contributed by atoms with Gasteiger partial charge in [-0.15, -0.1) is 0 Å². The van der Waals surface area contributed by atoms with Gasteiger partial charge in [0.2, 0.25) is 0 Å². The van der Waals surface area contributed by atoms with Crippen molar-refractivity contribution in [1.29, 1.82) is 0 Å². The number of carbonyl (C=O) groups is 1. The topological polar surface area (TPSA) is 43.1 Å². The van der Waals surface area contributed by atoms with Crippen LogP contribution in [0.25, 0.3) is 0 Å². The number of Topliss-reactive ketones (excluding diaryl/α,β-unsaturated/α-hetero) is 1. The highest BCUT2D eigenvalue weighted by molar-refractivity contribution is 5.93. The third kappa shape index (κ3) is 3.30. The second-order valence-corrected chi connectivity index (χ2v) is 3.50. The summed E-state index contributed by atoms with van der Waals surface area (Å²) in [6.45, 7) is 2.34.